The Morgan fingerprint density at radius 2 is 2.08 bits per heavy atom. The van der Waals surface area contributed by atoms with Gasteiger partial charge in [0.15, 0.2) is 6.29 Å². The molecule has 0 rings (SSSR count). The number of rotatable bonds is 8. The van der Waals surface area contributed by atoms with Crippen LogP contribution in [0.15, 0.2) is 0 Å². The monoisotopic (exact) mass is 174 g/mol. The molecule has 0 aliphatic rings. The van der Waals surface area contributed by atoms with Crippen molar-refractivity contribution < 1.29 is 14.3 Å². The quantitative estimate of drug-likeness (QED) is 0.319. The van der Waals surface area contributed by atoms with E-state index < -0.39 is 0 Å². The van der Waals surface area contributed by atoms with Crippen LogP contribution in [-0.2, 0) is 14.3 Å². The first-order chi connectivity index (χ1) is 5.81. The molecule has 0 aliphatic carbocycles. The maximum atomic E-state index is 9.94. The Hall–Kier alpha value is -0.410. The predicted octanol–water partition coefficient (Wildman–Crippen LogP) is 1.75. The van der Waals surface area contributed by atoms with Crippen LogP contribution in [0.25, 0.3) is 0 Å². The summed E-state index contributed by atoms with van der Waals surface area (Å²) in [5.41, 5.74) is 0. The first-order valence-electron chi connectivity index (χ1n) is 4.48. The zero-order chi connectivity index (χ0) is 9.23. The van der Waals surface area contributed by atoms with E-state index in [1.807, 2.05) is 13.8 Å². The molecule has 0 radical (unpaired) electrons. The van der Waals surface area contributed by atoms with E-state index >= 15 is 0 Å². The third-order valence-corrected chi connectivity index (χ3v) is 1.47. The molecule has 0 fully saturated rings. The average Bonchev–Trinajstić information content (AvgIpc) is 2.05. The van der Waals surface area contributed by atoms with Crippen molar-refractivity contribution in [3.8, 4) is 0 Å². The summed E-state index contributed by atoms with van der Waals surface area (Å²) in [6, 6.07) is 0. The van der Waals surface area contributed by atoms with Gasteiger partial charge < -0.3 is 14.3 Å². The third-order valence-electron chi connectivity index (χ3n) is 1.47. The molecule has 0 saturated carbocycles. The van der Waals surface area contributed by atoms with Crippen LogP contribution in [-0.4, -0.2) is 25.8 Å². The Labute approximate surface area is 74.0 Å². The van der Waals surface area contributed by atoms with Gasteiger partial charge >= 0.3 is 0 Å². The first-order valence-corrected chi connectivity index (χ1v) is 4.48. The molecule has 0 N–H and O–H groups in total. The number of unbranched alkanes of at least 4 members (excludes halogenated alkanes) is 2. The molecule has 0 bridgehead atoms. The van der Waals surface area contributed by atoms with Crippen molar-refractivity contribution >= 4 is 6.29 Å². The molecule has 72 valence electrons. The van der Waals surface area contributed by atoms with Gasteiger partial charge in [0.2, 0.25) is 0 Å². The van der Waals surface area contributed by atoms with Crippen LogP contribution in [0, 0.1) is 0 Å². The van der Waals surface area contributed by atoms with E-state index in [-0.39, 0.29) is 6.29 Å². The normalized spacial score (nSPS) is 12.8. The van der Waals surface area contributed by atoms with Gasteiger partial charge in [0.05, 0.1) is 0 Å². The number of aldehydes is 1. The van der Waals surface area contributed by atoms with Crippen molar-refractivity contribution in [3.05, 3.63) is 0 Å². The van der Waals surface area contributed by atoms with E-state index in [9.17, 15) is 4.79 Å². The summed E-state index contributed by atoms with van der Waals surface area (Å²) >= 11 is 0. The van der Waals surface area contributed by atoms with Crippen LogP contribution in [0.5, 0.6) is 0 Å². The fraction of sp³-hybridized carbons (Fsp3) is 0.889. The van der Waals surface area contributed by atoms with Gasteiger partial charge in [-0.3, -0.25) is 0 Å². The van der Waals surface area contributed by atoms with Crippen molar-refractivity contribution in [1.82, 2.24) is 0 Å². The molecule has 0 heterocycles. The Morgan fingerprint density at radius 3 is 2.67 bits per heavy atom. The minimum atomic E-state index is -0.119. The minimum Gasteiger partial charge on any atom is -0.353 e. The molecule has 1 atom stereocenters. The molecule has 1 unspecified atom stereocenters. The van der Waals surface area contributed by atoms with E-state index in [1.54, 1.807) is 0 Å². The summed E-state index contributed by atoms with van der Waals surface area (Å²) in [4.78, 5) is 9.94. The number of carbonyl (C=O) groups excluding carboxylic acids is 1. The molecule has 3 nitrogen and oxygen atoms in total. The molecule has 12 heavy (non-hydrogen) atoms. The lowest BCUT2D eigenvalue weighted by Crippen LogP contribution is -2.13. The van der Waals surface area contributed by atoms with Crippen LogP contribution in [0.4, 0.5) is 0 Å². The molecule has 0 amide bonds. The maximum Gasteiger partial charge on any atom is 0.154 e. The van der Waals surface area contributed by atoms with E-state index in [2.05, 4.69) is 0 Å². The van der Waals surface area contributed by atoms with Crippen LogP contribution in [0.3, 0.4) is 0 Å². The highest BCUT2D eigenvalue weighted by Crippen LogP contribution is 1.98. The van der Waals surface area contributed by atoms with Crippen LogP contribution >= 0.6 is 0 Å². The number of hydrogen-bond donors (Lipinski definition) is 0. The summed E-state index contributed by atoms with van der Waals surface area (Å²) < 4.78 is 10.4. The van der Waals surface area contributed by atoms with E-state index in [0.29, 0.717) is 19.6 Å². The van der Waals surface area contributed by atoms with E-state index in [1.165, 1.54) is 0 Å². The van der Waals surface area contributed by atoms with Gasteiger partial charge in [0.1, 0.15) is 6.29 Å². The molecule has 0 saturated heterocycles. The lowest BCUT2D eigenvalue weighted by atomic mass is 10.3. The van der Waals surface area contributed by atoms with E-state index in [0.717, 1.165) is 19.1 Å². The summed E-state index contributed by atoms with van der Waals surface area (Å²) in [6.45, 7) is 5.17. The van der Waals surface area contributed by atoms with Gasteiger partial charge in [0.25, 0.3) is 0 Å². The van der Waals surface area contributed by atoms with E-state index in [4.69, 9.17) is 9.47 Å². The molecule has 3 heteroatoms. The Morgan fingerprint density at radius 1 is 1.33 bits per heavy atom. The van der Waals surface area contributed by atoms with Gasteiger partial charge in [-0.05, 0) is 26.7 Å². The SMILES string of the molecule is CCOC(C)OCCCCC=O. The lowest BCUT2D eigenvalue weighted by Gasteiger charge is -2.11. The molecule has 0 aromatic heterocycles. The van der Waals surface area contributed by atoms with Crippen molar-refractivity contribution in [1.29, 1.82) is 0 Å². The molecule has 0 aromatic rings. The van der Waals surface area contributed by atoms with Gasteiger partial charge in [-0.25, -0.2) is 0 Å². The maximum absolute atomic E-state index is 9.94. The van der Waals surface area contributed by atoms with Crippen molar-refractivity contribution in [2.75, 3.05) is 13.2 Å². The molecular formula is C9H18O3. The first kappa shape index (κ1) is 11.6. The fourth-order valence-electron chi connectivity index (χ4n) is 0.862. The largest absolute Gasteiger partial charge is 0.353 e. The summed E-state index contributed by atoms with van der Waals surface area (Å²) in [6.07, 6.45) is 3.28. The van der Waals surface area contributed by atoms with Crippen molar-refractivity contribution in [2.45, 2.75) is 39.4 Å². The Bertz CT molecular complexity index is 104. The summed E-state index contributed by atoms with van der Waals surface area (Å²) in [5.74, 6) is 0. The highest BCUT2D eigenvalue weighted by atomic mass is 16.7. The van der Waals surface area contributed by atoms with Crippen molar-refractivity contribution in [2.24, 2.45) is 0 Å². The second-order valence-corrected chi connectivity index (χ2v) is 2.56. The van der Waals surface area contributed by atoms with Crippen LogP contribution in [0.1, 0.15) is 33.1 Å². The number of ether oxygens (including phenoxy) is 2. The summed E-state index contributed by atoms with van der Waals surface area (Å²) in [5, 5.41) is 0. The summed E-state index contributed by atoms with van der Waals surface area (Å²) in [7, 11) is 0. The zero-order valence-corrected chi connectivity index (χ0v) is 7.91. The highest BCUT2D eigenvalue weighted by molar-refractivity contribution is 5.48. The van der Waals surface area contributed by atoms with Gasteiger partial charge in [0, 0.05) is 19.6 Å². The number of hydrogen-bond acceptors (Lipinski definition) is 3. The average molecular weight is 174 g/mol. The lowest BCUT2D eigenvalue weighted by molar-refractivity contribution is -0.127. The third kappa shape index (κ3) is 7.69. The second-order valence-electron chi connectivity index (χ2n) is 2.56. The van der Waals surface area contributed by atoms with Crippen molar-refractivity contribution in [3.63, 3.8) is 0 Å². The van der Waals surface area contributed by atoms with Crippen LogP contribution in [0.2, 0.25) is 0 Å². The number of carbonyl (C=O) groups is 1. The second kappa shape index (κ2) is 8.68. The molecule has 0 aliphatic heterocycles. The molecular weight excluding hydrogens is 156 g/mol. The zero-order valence-electron chi connectivity index (χ0n) is 7.91. The molecule has 0 aromatic carbocycles. The van der Waals surface area contributed by atoms with Gasteiger partial charge in [-0.2, -0.15) is 0 Å². The highest BCUT2D eigenvalue weighted by Gasteiger charge is 1.98. The van der Waals surface area contributed by atoms with Gasteiger partial charge in [-0.15, -0.1) is 0 Å². The molecule has 0 spiro atoms. The standard InChI is InChI=1S/C9H18O3/c1-3-11-9(2)12-8-6-4-5-7-10/h7,9H,3-6,8H2,1-2H3. The minimum absolute atomic E-state index is 0.119. The van der Waals surface area contributed by atoms with Crippen LogP contribution < -0.4 is 0 Å². The topological polar surface area (TPSA) is 35.5 Å². The fourth-order valence-corrected chi connectivity index (χ4v) is 0.862. The van der Waals surface area contributed by atoms with Gasteiger partial charge in [-0.1, -0.05) is 0 Å². The Balaban J connectivity index is 3.02. The Kier molecular flexibility index (Phi) is 8.39. The predicted molar refractivity (Wildman–Crippen MR) is 47.0 cm³/mol. The smallest absolute Gasteiger partial charge is 0.154 e.